The Balaban J connectivity index is 0.00000480. The third kappa shape index (κ3) is 8.82. The molecular weight excluding hydrogens is 531 g/mol. The van der Waals surface area contributed by atoms with Crippen molar-refractivity contribution in [3.05, 3.63) is 58.6 Å². The fraction of sp³-hybridized carbons (Fsp3) is 0.364. The number of nitrogens with one attached hydrogen (secondary N) is 2. The van der Waals surface area contributed by atoms with Crippen molar-refractivity contribution in [1.29, 1.82) is 0 Å². The first-order valence-electron chi connectivity index (χ1n) is 9.69. The van der Waals surface area contributed by atoms with Crippen LogP contribution in [-0.2, 0) is 17.9 Å². The molecule has 9 heteroatoms. The van der Waals surface area contributed by atoms with Crippen LogP contribution in [0.4, 0.5) is 0 Å². The molecule has 0 bridgehead atoms. The first kappa shape index (κ1) is 26.8. The van der Waals surface area contributed by atoms with Crippen LogP contribution in [0.2, 0.25) is 5.02 Å². The van der Waals surface area contributed by atoms with Gasteiger partial charge >= 0.3 is 0 Å². The van der Waals surface area contributed by atoms with Crippen LogP contribution in [0.1, 0.15) is 18.1 Å². The lowest BCUT2D eigenvalue weighted by Gasteiger charge is -2.22. The van der Waals surface area contributed by atoms with E-state index in [2.05, 4.69) is 15.6 Å². The summed E-state index contributed by atoms with van der Waals surface area (Å²) in [4.78, 5) is 18.0. The number of aliphatic imine (C=N–C) groups is 1. The van der Waals surface area contributed by atoms with E-state index in [1.807, 2.05) is 55.3 Å². The van der Waals surface area contributed by atoms with Gasteiger partial charge in [0.1, 0.15) is 0 Å². The molecule has 2 aromatic rings. The summed E-state index contributed by atoms with van der Waals surface area (Å²) in [5.41, 5.74) is 2.14. The zero-order valence-corrected chi connectivity index (χ0v) is 21.4. The van der Waals surface area contributed by atoms with Crippen molar-refractivity contribution in [2.75, 3.05) is 34.4 Å². The number of benzene rings is 2. The molecule has 7 nitrogen and oxygen atoms in total. The average Bonchev–Trinajstić information content (AvgIpc) is 2.74. The molecular formula is C22H30ClIN4O3. The molecule has 0 aliphatic rings. The lowest BCUT2D eigenvalue weighted by atomic mass is 10.2. The van der Waals surface area contributed by atoms with E-state index in [4.69, 9.17) is 21.1 Å². The van der Waals surface area contributed by atoms with Gasteiger partial charge in [-0.1, -0.05) is 29.8 Å². The molecule has 31 heavy (non-hydrogen) atoms. The maximum absolute atomic E-state index is 11.6. The standard InChI is InChI=1S/C22H29ClN4O3.HI/c1-5-25-21(28)15-30-19-11-8-17(12-20(19)29-4)13-26-22(24-2)27(3)14-16-6-9-18(23)10-7-16;/h6-12H,5,13-15H2,1-4H3,(H,24,26)(H,25,28);1H. The van der Waals surface area contributed by atoms with Crippen molar-refractivity contribution in [3.8, 4) is 11.5 Å². The molecule has 0 spiro atoms. The van der Waals surface area contributed by atoms with Gasteiger partial charge in [-0.05, 0) is 42.3 Å². The lowest BCUT2D eigenvalue weighted by molar-refractivity contribution is -0.123. The second-order valence-electron chi connectivity index (χ2n) is 6.61. The van der Waals surface area contributed by atoms with E-state index in [1.54, 1.807) is 20.2 Å². The highest BCUT2D eigenvalue weighted by molar-refractivity contribution is 14.0. The number of likely N-dealkylation sites (N-methyl/N-ethyl adjacent to an activating group) is 1. The van der Waals surface area contributed by atoms with Gasteiger partial charge in [0, 0.05) is 38.8 Å². The first-order valence-corrected chi connectivity index (χ1v) is 10.1. The van der Waals surface area contributed by atoms with Gasteiger partial charge in [0.15, 0.2) is 24.1 Å². The monoisotopic (exact) mass is 560 g/mol. The summed E-state index contributed by atoms with van der Waals surface area (Å²) in [7, 11) is 5.30. The van der Waals surface area contributed by atoms with E-state index in [9.17, 15) is 4.79 Å². The number of carbonyl (C=O) groups is 1. The molecule has 0 aliphatic heterocycles. The third-order valence-corrected chi connectivity index (χ3v) is 4.57. The summed E-state index contributed by atoms with van der Waals surface area (Å²) in [6.07, 6.45) is 0. The van der Waals surface area contributed by atoms with Crippen LogP contribution in [0.3, 0.4) is 0 Å². The van der Waals surface area contributed by atoms with Crippen LogP contribution in [0, 0.1) is 0 Å². The summed E-state index contributed by atoms with van der Waals surface area (Å²) in [6, 6.07) is 13.4. The molecule has 2 N–H and O–H groups in total. The highest BCUT2D eigenvalue weighted by Gasteiger charge is 2.10. The summed E-state index contributed by atoms with van der Waals surface area (Å²) in [5.74, 6) is 1.69. The molecule has 2 rings (SSSR count). The van der Waals surface area contributed by atoms with E-state index < -0.39 is 0 Å². The van der Waals surface area contributed by atoms with E-state index in [1.165, 1.54) is 0 Å². The van der Waals surface area contributed by atoms with E-state index in [0.717, 1.165) is 22.1 Å². The number of rotatable bonds is 9. The van der Waals surface area contributed by atoms with Crippen molar-refractivity contribution >= 4 is 47.4 Å². The average molecular weight is 561 g/mol. The molecule has 0 heterocycles. The van der Waals surface area contributed by atoms with E-state index in [0.29, 0.717) is 31.1 Å². The molecule has 1 amide bonds. The van der Waals surface area contributed by atoms with Gasteiger partial charge in [0.2, 0.25) is 0 Å². The van der Waals surface area contributed by atoms with Crippen LogP contribution >= 0.6 is 35.6 Å². The van der Waals surface area contributed by atoms with Crippen LogP contribution < -0.4 is 20.1 Å². The van der Waals surface area contributed by atoms with E-state index >= 15 is 0 Å². The molecule has 170 valence electrons. The van der Waals surface area contributed by atoms with Crippen LogP contribution in [0.5, 0.6) is 11.5 Å². The zero-order valence-electron chi connectivity index (χ0n) is 18.3. The molecule has 0 aliphatic carbocycles. The topological polar surface area (TPSA) is 75.2 Å². The molecule has 2 aromatic carbocycles. The third-order valence-electron chi connectivity index (χ3n) is 4.32. The van der Waals surface area contributed by atoms with Crippen molar-refractivity contribution in [3.63, 3.8) is 0 Å². The molecule has 0 fully saturated rings. The molecule has 0 atom stereocenters. The summed E-state index contributed by atoms with van der Waals surface area (Å²) in [6.45, 7) is 3.64. The maximum atomic E-state index is 11.6. The molecule has 0 unspecified atom stereocenters. The Morgan fingerprint density at radius 3 is 2.39 bits per heavy atom. The molecule has 0 saturated carbocycles. The zero-order chi connectivity index (χ0) is 21.9. The quantitative estimate of drug-likeness (QED) is 0.278. The van der Waals surface area contributed by atoms with Gasteiger partial charge in [-0.25, -0.2) is 0 Å². The fourth-order valence-corrected chi connectivity index (χ4v) is 2.96. The molecule has 0 aromatic heterocycles. The van der Waals surface area contributed by atoms with Gasteiger partial charge in [0.25, 0.3) is 5.91 Å². The van der Waals surface area contributed by atoms with Crippen LogP contribution in [0.25, 0.3) is 0 Å². The van der Waals surface area contributed by atoms with Gasteiger partial charge < -0.3 is 25.0 Å². The Bertz CT molecular complexity index is 862. The Morgan fingerprint density at radius 1 is 1.10 bits per heavy atom. The minimum atomic E-state index is -0.169. The number of carbonyl (C=O) groups excluding carboxylic acids is 1. The maximum Gasteiger partial charge on any atom is 0.257 e. The van der Waals surface area contributed by atoms with Crippen molar-refractivity contribution in [1.82, 2.24) is 15.5 Å². The number of ether oxygens (including phenoxy) is 2. The number of halogens is 2. The Morgan fingerprint density at radius 2 is 1.77 bits per heavy atom. The Hall–Kier alpha value is -2.20. The summed E-state index contributed by atoms with van der Waals surface area (Å²) < 4.78 is 11.0. The number of methoxy groups -OCH3 is 1. The number of nitrogens with zero attached hydrogens (tertiary/aromatic N) is 2. The predicted octanol–water partition coefficient (Wildman–Crippen LogP) is 3.69. The normalized spacial score (nSPS) is 10.7. The van der Waals surface area contributed by atoms with Crippen molar-refractivity contribution < 1.29 is 14.3 Å². The van der Waals surface area contributed by atoms with Crippen molar-refractivity contribution in [2.45, 2.75) is 20.0 Å². The first-order chi connectivity index (χ1) is 14.5. The number of amides is 1. The van der Waals surface area contributed by atoms with Gasteiger partial charge in [-0.15, -0.1) is 24.0 Å². The van der Waals surface area contributed by atoms with Gasteiger partial charge in [-0.2, -0.15) is 0 Å². The SMILES string of the molecule is CCNC(=O)COc1ccc(CNC(=NC)N(C)Cc2ccc(Cl)cc2)cc1OC.I. The Labute approximate surface area is 206 Å². The minimum Gasteiger partial charge on any atom is -0.493 e. The van der Waals surface area contributed by atoms with Gasteiger partial charge in [0.05, 0.1) is 7.11 Å². The number of hydrogen-bond donors (Lipinski definition) is 2. The Kier molecular flexibility index (Phi) is 12.1. The molecule has 0 radical (unpaired) electrons. The second kappa shape index (κ2) is 14.0. The highest BCUT2D eigenvalue weighted by Crippen LogP contribution is 2.28. The lowest BCUT2D eigenvalue weighted by Crippen LogP contribution is -2.38. The summed E-state index contributed by atoms with van der Waals surface area (Å²) >= 11 is 5.95. The second-order valence-corrected chi connectivity index (χ2v) is 7.05. The number of guanidine groups is 1. The smallest absolute Gasteiger partial charge is 0.257 e. The largest absolute Gasteiger partial charge is 0.493 e. The number of hydrogen-bond acceptors (Lipinski definition) is 4. The predicted molar refractivity (Wildman–Crippen MR) is 136 cm³/mol. The van der Waals surface area contributed by atoms with Crippen LogP contribution in [0.15, 0.2) is 47.5 Å². The van der Waals surface area contributed by atoms with Crippen molar-refractivity contribution in [2.24, 2.45) is 4.99 Å². The highest BCUT2D eigenvalue weighted by atomic mass is 127. The fourth-order valence-electron chi connectivity index (χ4n) is 2.84. The minimum absolute atomic E-state index is 0. The van der Waals surface area contributed by atoms with Crippen LogP contribution in [-0.4, -0.2) is 51.1 Å². The van der Waals surface area contributed by atoms with Gasteiger partial charge in [-0.3, -0.25) is 9.79 Å². The molecule has 0 saturated heterocycles. The summed E-state index contributed by atoms with van der Waals surface area (Å²) in [5, 5.41) is 6.76. The van der Waals surface area contributed by atoms with E-state index in [-0.39, 0.29) is 36.5 Å².